The molecule has 1 heterocycles. The van der Waals surface area contributed by atoms with Crippen LogP contribution in [0.5, 0.6) is 0 Å². The Bertz CT molecular complexity index is 357. The molecule has 0 aliphatic heterocycles. The molecule has 1 aliphatic carbocycles. The molecule has 1 saturated carbocycles. The third kappa shape index (κ3) is 2.90. The van der Waals surface area contributed by atoms with Gasteiger partial charge in [0, 0.05) is 28.4 Å². The normalized spacial score (nSPS) is 19.6. The largest absolute Gasteiger partial charge is 0.329 e. The zero-order valence-electron chi connectivity index (χ0n) is 11.1. The van der Waals surface area contributed by atoms with Crippen molar-refractivity contribution in [3.8, 4) is 0 Å². The topological polar surface area (TPSA) is 29.3 Å². The van der Waals surface area contributed by atoms with Gasteiger partial charge in [0.05, 0.1) is 0 Å². The van der Waals surface area contributed by atoms with Crippen molar-refractivity contribution >= 4 is 11.3 Å². The van der Waals surface area contributed by atoms with Gasteiger partial charge in [-0.05, 0) is 51.3 Å². The SMILES string of the molecule is CCc1ccc(C(C)N(C)C(CN)C2CC2)s1. The minimum Gasteiger partial charge on any atom is -0.329 e. The highest BCUT2D eigenvalue weighted by Crippen LogP contribution is 2.38. The van der Waals surface area contributed by atoms with Gasteiger partial charge in [0.15, 0.2) is 0 Å². The fraction of sp³-hybridized carbons (Fsp3) is 0.714. The molecule has 2 atom stereocenters. The Labute approximate surface area is 109 Å². The van der Waals surface area contributed by atoms with Crippen molar-refractivity contribution in [2.45, 2.75) is 45.2 Å². The summed E-state index contributed by atoms with van der Waals surface area (Å²) in [6.07, 6.45) is 3.87. The summed E-state index contributed by atoms with van der Waals surface area (Å²) in [6.45, 7) is 5.31. The fourth-order valence-corrected chi connectivity index (χ4v) is 3.53. The molecule has 1 aromatic heterocycles. The minimum absolute atomic E-state index is 0.495. The number of rotatable bonds is 6. The van der Waals surface area contributed by atoms with E-state index in [1.54, 1.807) is 0 Å². The van der Waals surface area contributed by atoms with Crippen LogP contribution in [0.4, 0.5) is 0 Å². The van der Waals surface area contributed by atoms with Crippen molar-refractivity contribution in [3.05, 3.63) is 21.9 Å². The predicted molar refractivity (Wildman–Crippen MR) is 75.4 cm³/mol. The summed E-state index contributed by atoms with van der Waals surface area (Å²) in [7, 11) is 2.23. The Balaban J connectivity index is 2.04. The highest BCUT2D eigenvalue weighted by molar-refractivity contribution is 7.12. The number of hydrogen-bond donors (Lipinski definition) is 1. The molecule has 0 radical (unpaired) electrons. The first-order valence-electron chi connectivity index (χ1n) is 6.68. The minimum atomic E-state index is 0.495. The molecule has 0 bridgehead atoms. The van der Waals surface area contributed by atoms with E-state index in [1.165, 1.54) is 22.6 Å². The van der Waals surface area contributed by atoms with Gasteiger partial charge in [-0.1, -0.05) is 6.92 Å². The van der Waals surface area contributed by atoms with Crippen molar-refractivity contribution in [2.24, 2.45) is 11.7 Å². The van der Waals surface area contributed by atoms with E-state index in [0.717, 1.165) is 18.9 Å². The predicted octanol–water partition coefficient (Wildman–Crippen LogP) is 3.04. The zero-order valence-corrected chi connectivity index (χ0v) is 12.0. The lowest BCUT2D eigenvalue weighted by atomic mass is 10.1. The van der Waals surface area contributed by atoms with Gasteiger partial charge in [-0.2, -0.15) is 0 Å². The van der Waals surface area contributed by atoms with Crippen LogP contribution in [0.1, 0.15) is 42.5 Å². The van der Waals surface area contributed by atoms with Gasteiger partial charge in [-0.25, -0.2) is 0 Å². The van der Waals surface area contributed by atoms with Crippen molar-refractivity contribution < 1.29 is 0 Å². The number of nitrogens with zero attached hydrogens (tertiary/aromatic N) is 1. The van der Waals surface area contributed by atoms with Gasteiger partial charge < -0.3 is 5.73 Å². The molecule has 1 aliphatic rings. The Morgan fingerprint density at radius 3 is 2.65 bits per heavy atom. The lowest BCUT2D eigenvalue weighted by molar-refractivity contribution is 0.172. The van der Waals surface area contributed by atoms with E-state index in [-0.39, 0.29) is 0 Å². The van der Waals surface area contributed by atoms with E-state index in [9.17, 15) is 0 Å². The van der Waals surface area contributed by atoms with Gasteiger partial charge in [-0.3, -0.25) is 4.90 Å². The third-order valence-corrected chi connectivity index (χ3v) is 5.38. The smallest absolute Gasteiger partial charge is 0.0413 e. The molecule has 1 aromatic rings. The molecule has 2 unspecified atom stereocenters. The first-order chi connectivity index (χ1) is 8.17. The summed E-state index contributed by atoms with van der Waals surface area (Å²) in [5, 5.41) is 0. The van der Waals surface area contributed by atoms with Crippen molar-refractivity contribution in [2.75, 3.05) is 13.6 Å². The Hall–Kier alpha value is -0.380. The summed E-state index contributed by atoms with van der Waals surface area (Å²) >= 11 is 1.95. The Kier molecular flexibility index (Phi) is 4.23. The van der Waals surface area contributed by atoms with Gasteiger partial charge in [0.1, 0.15) is 0 Å². The second-order valence-electron chi connectivity index (χ2n) is 5.14. The summed E-state index contributed by atoms with van der Waals surface area (Å²) in [5.74, 6) is 0.845. The highest BCUT2D eigenvalue weighted by Gasteiger charge is 2.34. The highest BCUT2D eigenvalue weighted by atomic mass is 32.1. The second kappa shape index (κ2) is 5.51. The molecule has 0 spiro atoms. The summed E-state index contributed by atoms with van der Waals surface area (Å²) < 4.78 is 0. The Morgan fingerprint density at radius 1 is 1.47 bits per heavy atom. The molecular formula is C14H24N2S. The van der Waals surface area contributed by atoms with Crippen LogP contribution in [0.3, 0.4) is 0 Å². The maximum absolute atomic E-state index is 5.92. The lowest BCUT2D eigenvalue weighted by Crippen LogP contribution is -2.40. The molecule has 17 heavy (non-hydrogen) atoms. The van der Waals surface area contributed by atoms with Gasteiger partial charge in [0.25, 0.3) is 0 Å². The van der Waals surface area contributed by atoms with Crippen LogP contribution < -0.4 is 5.73 Å². The van der Waals surface area contributed by atoms with Crippen molar-refractivity contribution in [1.82, 2.24) is 4.90 Å². The quantitative estimate of drug-likeness (QED) is 0.843. The number of nitrogens with two attached hydrogens (primary N) is 1. The number of thiophene rings is 1. The summed E-state index contributed by atoms with van der Waals surface area (Å²) in [6, 6.07) is 5.61. The van der Waals surface area contributed by atoms with Gasteiger partial charge in [0.2, 0.25) is 0 Å². The fourth-order valence-electron chi connectivity index (χ4n) is 2.47. The average molecular weight is 252 g/mol. The standard InChI is InChI=1S/C14H24N2S/c1-4-12-7-8-14(17-12)10(2)16(3)13(9-15)11-5-6-11/h7-8,10-11,13H,4-6,9,15H2,1-3H3. The molecule has 3 heteroatoms. The zero-order chi connectivity index (χ0) is 12.4. The maximum atomic E-state index is 5.92. The van der Waals surface area contributed by atoms with Crippen LogP contribution in [0.15, 0.2) is 12.1 Å². The van der Waals surface area contributed by atoms with E-state index in [1.807, 2.05) is 11.3 Å². The maximum Gasteiger partial charge on any atom is 0.0413 e. The van der Waals surface area contributed by atoms with E-state index >= 15 is 0 Å². The number of likely N-dealkylation sites (N-methyl/N-ethyl adjacent to an activating group) is 1. The van der Waals surface area contributed by atoms with E-state index in [0.29, 0.717) is 12.1 Å². The molecule has 0 saturated heterocycles. The molecule has 2 rings (SSSR count). The Morgan fingerprint density at radius 2 is 2.18 bits per heavy atom. The van der Waals surface area contributed by atoms with Crippen molar-refractivity contribution in [3.63, 3.8) is 0 Å². The van der Waals surface area contributed by atoms with Crippen LogP contribution >= 0.6 is 11.3 Å². The van der Waals surface area contributed by atoms with Crippen LogP contribution in [0.25, 0.3) is 0 Å². The second-order valence-corrected chi connectivity index (χ2v) is 6.34. The lowest BCUT2D eigenvalue weighted by Gasteiger charge is -2.32. The molecule has 2 N–H and O–H groups in total. The molecule has 1 fully saturated rings. The first kappa shape index (κ1) is 13.1. The summed E-state index contributed by atoms with van der Waals surface area (Å²) in [5.41, 5.74) is 5.92. The summed E-state index contributed by atoms with van der Waals surface area (Å²) in [4.78, 5) is 5.43. The van der Waals surface area contributed by atoms with E-state index in [4.69, 9.17) is 5.73 Å². The molecular weight excluding hydrogens is 228 g/mol. The van der Waals surface area contributed by atoms with Crippen LogP contribution in [0, 0.1) is 5.92 Å². The van der Waals surface area contributed by atoms with Gasteiger partial charge >= 0.3 is 0 Å². The number of hydrogen-bond acceptors (Lipinski definition) is 3. The van der Waals surface area contributed by atoms with Crippen LogP contribution in [0.2, 0.25) is 0 Å². The average Bonchev–Trinajstić information content (AvgIpc) is 3.06. The van der Waals surface area contributed by atoms with Crippen LogP contribution in [-0.4, -0.2) is 24.5 Å². The molecule has 0 amide bonds. The van der Waals surface area contributed by atoms with Crippen LogP contribution in [-0.2, 0) is 6.42 Å². The van der Waals surface area contributed by atoms with E-state index < -0.39 is 0 Å². The first-order valence-corrected chi connectivity index (χ1v) is 7.49. The third-order valence-electron chi connectivity index (χ3n) is 3.98. The van der Waals surface area contributed by atoms with E-state index in [2.05, 4.69) is 37.9 Å². The monoisotopic (exact) mass is 252 g/mol. The molecule has 0 aromatic carbocycles. The molecule has 2 nitrogen and oxygen atoms in total. The van der Waals surface area contributed by atoms with Gasteiger partial charge in [-0.15, -0.1) is 11.3 Å². The molecule has 96 valence electrons. The van der Waals surface area contributed by atoms with Crippen molar-refractivity contribution in [1.29, 1.82) is 0 Å². The number of aryl methyl sites for hydroxylation is 1.